The van der Waals surface area contributed by atoms with Crippen LogP contribution in [0.1, 0.15) is 45.2 Å². The van der Waals surface area contributed by atoms with Gasteiger partial charge in [0.1, 0.15) is 17.7 Å². The van der Waals surface area contributed by atoms with Crippen LogP contribution in [0.4, 0.5) is 10.6 Å². The molecule has 29 heavy (non-hydrogen) atoms. The lowest BCUT2D eigenvalue weighted by atomic mass is 9.85. The smallest absolute Gasteiger partial charge is 0.327 e. The largest absolute Gasteiger partial charge is 0.385 e. The van der Waals surface area contributed by atoms with E-state index in [1.807, 2.05) is 17.9 Å². The first-order valence-corrected chi connectivity index (χ1v) is 10.5. The molecule has 0 bridgehead atoms. The molecule has 0 aromatic carbocycles. The molecule has 0 radical (unpaired) electrons. The number of aromatic nitrogens is 2. The predicted molar refractivity (Wildman–Crippen MR) is 111 cm³/mol. The van der Waals surface area contributed by atoms with Crippen molar-refractivity contribution in [2.75, 3.05) is 44.8 Å². The molecule has 8 heteroatoms. The number of aryl methyl sites for hydroxylation is 1. The standard InChI is InChI=1S/C21H33N5O3/c1-16(2)14-26-20(28)25(9-5-6-12-29-4)19(27)21(26)7-10-24(11-8-21)18-13-17(3)22-15-23-18/h13,15-16H,5-12,14H2,1-4H3. The molecule has 3 amide bonds. The first-order chi connectivity index (χ1) is 13.9. The average molecular weight is 404 g/mol. The van der Waals surface area contributed by atoms with Gasteiger partial charge in [-0.3, -0.25) is 9.69 Å². The van der Waals surface area contributed by atoms with Crippen molar-refractivity contribution in [3.63, 3.8) is 0 Å². The van der Waals surface area contributed by atoms with E-state index in [9.17, 15) is 9.59 Å². The van der Waals surface area contributed by atoms with Crippen molar-refractivity contribution >= 4 is 17.8 Å². The fraction of sp³-hybridized carbons (Fsp3) is 0.714. The summed E-state index contributed by atoms with van der Waals surface area (Å²) in [4.78, 5) is 40.6. The van der Waals surface area contributed by atoms with Gasteiger partial charge in [-0.05, 0) is 38.5 Å². The molecule has 3 heterocycles. The molecule has 0 atom stereocenters. The van der Waals surface area contributed by atoms with E-state index >= 15 is 0 Å². The molecular formula is C21H33N5O3. The number of amides is 3. The van der Waals surface area contributed by atoms with E-state index in [2.05, 4.69) is 28.7 Å². The Hall–Kier alpha value is -2.22. The molecule has 3 rings (SSSR count). The Morgan fingerprint density at radius 2 is 1.90 bits per heavy atom. The third-order valence-electron chi connectivity index (χ3n) is 5.85. The van der Waals surface area contributed by atoms with Gasteiger partial charge in [0.15, 0.2) is 0 Å². The van der Waals surface area contributed by atoms with E-state index in [0.29, 0.717) is 51.5 Å². The fourth-order valence-corrected chi connectivity index (χ4v) is 4.32. The number of urea groups is 1. The van der Waals surface area contributed by atoms with Crippen LogP contribution in [0.2, 0.25) is 0 Å². The number of hydrogen-bond acceptors (Lipinski definition) is 6. The number of rotatable bonds is 8. The van der Waals surface area contributed by atoms with Crippen LogP contribution >= 0.6 is 0 Å². The minimum atomic E-state index is -0.721. The quantitative estimate of drug-likeness (QED) is 0.490. The van der Waals surface area contributed by atoms with E-state index in [4.69, 9.17) is 4.74 Å². The molecule has 0 saturated carbocycles. The van der Waals surface area contributed by atoms with Gasteiger partial charge in [0.2, 0.25) is 0 Å². The highest BCUT2D eigenvalue weighted by Crippen LogP contribution is 2.38. The summed E-state index contributed by atoms with van der Waals surface area (Å²) < 4.78 is 5.09. The van der Waals surface area contributed by atoms with Gasteiger partial charge in [-0.1, -0.05) is 13.8 Å². The van der Waals surface area contributed by atoms with Gasteiger partial charge in [-0.2, -0.15) is 0 Å². The molecule has 1 aromatic heterocycles. The third kappa shape index (κ3) is 4.37. The zero-order valence-electron chi connectivity index (χ0n) is 18.1. The molecule has 2 fully saturated rings. The Morgan fingerprint density at radius 1 is 1.17 bits per heavy atom. The van der Waals surface area contributed by atoms with E-state index in [1.165, 1.54) is 4.90 Å². The molecule has 160 valence electrons. The normalized spacial score (nSPS) is 19.1. The van der Waals surface area contributed by atoms with Gasteiger partial charge in [-0.25, -0.2) is 14.8 Å². The minimum Gasteiger partial charge on any atom is -0.385 e. The lowest BCUT2D eigenvalue weighted by Gasteiger charge is -2.43. The second-order valence-corrected chi connectivity index (χ2v) is 8.48. The van der Waals surface area contributed by atoms with Crippen LogP contribution in [0.25, 0.3) is 0 Å². The van der Waals surface area contributed by atoms with Crippen molar-refractivity contribution in [3.05, 3.63) is 18.1 Å². The number of piperidine rings is 1. The van der Waals surface area contributed by atoms with E-state index < -0.39 is 5.54 Å². The van der Waals surface area contributed by atoms with Crippen molar-refractivity contribution in [3.8, 4) is 0 Å². The molecule has 8 nitrogen and oxygen atoms in total. The summed E-state index contributed by atoms with van der Waals surface area (Å²) in [7, 11) is 1.67. The van der Waals surface area contributed by atoms with Crippen LogP contribution < -0.4 is 4.90 Å². The highest BCUT2D eigenvalue weighted by Gasteiger charge is 2.57. The summed E-state index contributed by atoms with van der Waals surface area (Å²) in [6.07, 6.45) is 4.44. The Bertz CT molecular complexity index is 731. The Kier molecular flexibility index (Phi) is 6.72. The van der Waals surface area contributed by atoms with Gasteiger partial charge < -0.3 is 14.5 Å². The Labute approximate surface area is 173 Å². The van der Waals surface area contributed by atoms with Crippen LogP contribution in [0, 0.1) is 12.8 Å². The second kappa shape index (κ2) is 9.07. The zero-order chi connectivity index (χ0) is 21.0. The van der Waals surface area contributed by atoms with E-state index in [1.54, 1.807) is 13.4 Å². The topological polar surface area (TPSA) is 78.9 Å². The molecule has 0 N–H and O–H groups in total. The maximum atomic E-state index is 13.4. The molecule has 2 aliphatic rings. The maximum absolute atomic E-state index is 13.4. The lowest BCUT2D eigenvalue weighted by molar-refractivity contribution is -0.134. The summed E-state index contributed by atoms with van der Waals surface area (Å²) >= 11 is 0. The van der Waals surface area contributed by atoms with Crippen molar-refractivity contribution < 1.29 is 14.3 Å². The summed E-state index contributed by atoms with van der Waals surface area (Å²) in [5.74, 6) is 1.16. The number of nitrogens with zero attached hydrogens (tertiary/aromatic N) is 5. The zero-order valence-corrected chi connectivity index (χ0v) is 18.1. The number of ether oxygens (including phenoxy) is 1. The summed E-state index contributed by atoms with van der Waals surface area (Å²) in [5.41, 5.74) is 0.201. The monoisotopic (exact) mass is 403 g/mol. The van der Waals surface area contributed by atoms with Crippen LogP contribution in [-0.2, 0) is 9.53 Å². The van der Waals surface area contributed by atoms with Crippen LogP contribution in [0.15, 0.2) is 12.4 Å². The van der Waals surface area contributed by atoms with E-state index in [0.717, 1.165) is 24.4 Å². The SMILES string of the molecule is COCCCCN1C(=O)N(CC(C)C)C2(CCN(c3cc(C)ncn3)CC2)C1=O. The third-order valence-corrected chi connectivity index (χ3v) is 5.85. The summed E-state index contributed by atoms with van der Waals surface area (Å²) in [5, 5.41) is 0. The predicted octanol–water partition coefficient (Wildman–Crippen LogP) is 2.47. The molecule has 2 saturated heterocycles. The highest BCUT2D eigenvalue weighted by atomic mass is 16.5. The highest BCUT2D eigenvalue weighted by molar-refractivity contribution is 6.07. The molecule has 1 aromatic rings. The minimum absolute atomic E-state index is 0.0286. The molecule has 0 aliphatic carbocycles. The number of unbranched alkanes of at least 4 members (excludes halogenated alkanes) is 1. The van der Waals surface area contributed by atoms with Gasteiger partial charge in [0, 0.05) is 51.7 Å². The Morgan fingerprint density at radius 3 is 2.52 bits per heavy atom. The number of imide groups is 1. The average Bonchev–Trinajstić information content (AvgIpc) is 2.87. The fourth-order valence-electron chi connectivity index (χ4n) is 4.32. The number of carbonyl (C=O) groups excluding carboxylic acids is 2. The molecule has 1 spiro atoms. The van der Waals surface area contributed by atoms with E-state index in [-0.39, 0.29) is 11.9 Å². The van der Waals surface area contributed by atoms with Crippen LogP contribution in [0.5, 0.6) is 0 Å². The van der Waals surface area contributed by atoms with Gasteiger partial charge >= 0.3 is 6.03 Å². The molecule has 0 unspecified atom stereocenters. The van der Waals surface area contributed by atoms with Crippen LogP contribution in [-0.4, -0.2) is 77.1 Å². The first kappa shape index (κ1) is 21.5. The second-order valence-electron chi connectivity index (χ2n) is 8.48. The van der Waals surface area contributed by atoms with Crippen LogP contribution in [0.3, 0.4) is 0 Å². The summed E-state index contributed by atoms with van der Waals surface area (Å²) in [6, 6.07) is 1.83. The maximum Gasteiger partial charge on any atom is 0.327 e. The number of anilines is 1. The number of carbonyl (C=O) groups is 2. The molecule has 2 aliphatic heterocycles. The Balaban J connectivity index is 1.76. The van der Waals surface area contributed by atoms with Crippen molar-refractivity contribution in [2.45, 2.75) is 52.0 Å². The van der Waals surface area contributed by atoms with Crippen molar-refractivity contribution in [2.24, 2.45) is 5.92 Å². The summed E-state index contributed by atoms with van der Waals surface area (Å²) in [6.45, 7) is 9.23. The van der Waals surface area contributed by atoms with Gasteiger partial charge in [-0.15, -0.1) is 0 Å². The van der Waals surface area contributed by atoms with Crippen molar-refractivity contribution in [1.29, 1.82) is 0 Å². The first-order valence-electron chi connectivity index (χ1n) is 10.5. The number of methoxy groups -OCH3 is 1. The molecular weight excluding hydrogens is 370 g/mol. The lowest BCUT2D eigenvalue weighted by Crippen LogP contribution is -2.57. The van der Waals surface area contributed by atoms with Gasteiger partial charge in [0.25, 0.3) is 5.91 Å². The van der Waals surface area contributed by atoms with Crippen molar-refractivity contribution in [1.82, 2.24) is 19.8 Å². The van der Waals surface area contributed by atoms with Gasteiger partial charge in [0.05, 0.1) is 0 Å². The number of hydrogen-bond donors (Lipinski definition) is 0.